The Hall–Kier alpha value is -1.35. The van der Waals surface area contributed by atoms with Gasteiger partial charge in [0.05, 0.1) is 0 Å². The second kappa shape index (κ2) is 3.91. The van der Waals surface area contributed by atoms with E-state index in [0.29, 0.717) is 12.2 Å². The Balaban J connectivity index is 1.91. The number of carbonyl (C=O) groups excluding carboxylic acids is 1. The van der Waals surface area contributed by atoms with Gasteiger partial charge in [0.25, 0.3) is 0 Å². The maximum Gasteiger partial charge on any atom is 0.163 e. The van der Waals surface area contributed by atoms with E-state index in [9.17, 15) is 4.79 Å². The fraction of sp³-hybridized carbons (Fsp3) is 0.462. The molecule has 0 aromatic heterocycles. The first-order valence-corrected chi connectivity index (χ1v) is 5.96. The van der Waals surface area contributed by atoms with Gasteiger partial charge in [-0.25, -0.2) is 0 Å². The third-order valence-corrected chi connectivity index (χ3v) is 3.50. The summed E-state index contributed by atoms with van der Waals surface area (Å²) < 4.78 is 0. The number of rotatable bonds is 1. The van der Waals surface area contributed by atoms with E-state index in [-0.39, 0.29) is 0 Å². The van der Waals surface area contributed by atoms with Crippen LogP contribution in [-0.2, 0) is 6.42 Å². The van der Waals surface area contributed by atoms with E-state index < -0.39 is 0 Å². The van der Waals surface area contributed by atoms with Crippen LogP contribution in [-0.4, -0.2) is 32.0 Å². The van der Waals surface area contributed by atoms with Gasteiger partial charge in [-0.3, -0.25) is 4.79 Å². The van der Waals surface area contributed by atoms with Crippen molar-refractivity contribution < 1.29 is 4.79 Å². The molecule has 2 aliphatic rings. The maximum absolute atomic E-state index is 11.7. The van der Waals surface area contributed by atoms with Crippen molar-refractivity contribution in [2.24, 2.45) is 0 Å². The second-order valence-corrected chi connectivity index (χ2v) is 4.50. The normalized spacial score (nSPS) is 20.0. The molecule has 1 aliphatic heterocycles. The molecule has 1 saturated heterocycles. The molecule has 0 unspecified atom stereocenters. The Morgan fingerprint density at radius 2 is 1.94 bits per heavy atom. The van der Waals surface area contributed by atoms with Crippen molar-refractivity contribution in [3.63, 3.8) is 0 Å². The summed E-state index contributed by atoms with van der Waals surface area (Å²) in [6.45, 7) is 4.13. The number of piperazine rings is 1. The molecule has 16 heavy (non-hydrogen) atoms. The van der Waals surface area contributed by atoms with E-state index >= 15 is 0 Å². The van der Waals surface area contributed by atoms with E-state index in [2.05, 4.69) is 28.4 Å². The lowest BCUT2D eigenvalue weighted by atomic mass is 10.1. The quantitative estimate of drug-likeness (QED) is 0.766. The van der Waals surface area contributed by atoms with Crippen LogP contribution in [0.1, 0.15) is 22.3 Å². The number of hydrogen-bond donors (Lipinski definition) is 1. The SMILES string of the molecule is O=C1CCc2ccc(N3CCNCC3)cc21. The summed E-state index contributed by atoms with van der Waals surface area (Å²) in [5.41, 5.74) is 3.38. The van der Waals surface area contributed by atoms with Crippen LogP contribution in [0.3, 0.4) is 0 Å². The zero-order chi connectivity index (χ0) is 11.0. The van der Waals surface area contributed by atoms with Crippen LogP contribution in [0, 0.1) is 0 Å². The molecule has 84 valence electrons. The van der Waals surface area contributed by atoms with Crippen molar-refractivity contribution in [1.29, 1.82) is 0 Å². The van der Waals surface area contributed by atoms with E-state index in [1.165, 1.54) is 11.3 Å². The summed E-state index contributed by atoms with van der Waals surface area (Å²) in [6.07, 6.45) is 1.62. The van der Waals surface area contributed by atoms with Gasteiger partial charge in [0.1, 0.15) is 0 Å². The molecule has 3 rings (SSSR count). The molecule has 1 aromatic rings. The molecule has 1 N–H and O–H groups in total. The number of aryl methyl sites for hydroxylation is 1. The highest BCUT2D eigenvalue weighted by Gasteiger charge is 2.21. The minimum absolute atomic E-state index is 0.312. The lowest BCUT2D eigenvalue weighted by molar-refractivity contribution is 0.0994. The van der Waals surface area contributed by atoms with Crippen molar-refractivity contribution in [2.45, 2.75) is 12.8 Å². The summed E-state index contributed by atoms with van der Waals surface area (Å²) in [7, 11) is 0. The molecule has 0 spiro atoms. The molecule has 0 saturated carbocycles. The fourth-order valence-corrected chi connectivity index (χ4v) is 2.54. The van der Waals surface area contributed by atoms with Crippen molar-refractivity contribution in [1.82, 2.24) is 5.32 Å². The molecule has 0 amide bonds. The third-order valence-electron chi connectivity index (χ3n) is 3.50. The van der Waals surface area contributed by atoms with E-state index in [1.807, 2.05) is 0 Å². The topological polar surface area (TPSA) is 32.3 Å². The van der Waals surface area contributed by atoms with Crippen LogP contribution in [0.15, 0.2) is 18.2 Å². The first-order valence-electron chi connectivity index (χ1n) is 5.96. The molecule has 1 aliphatic carbocycles. The van der Waals surface area contributed by atoms with Gasteiger partial charge >= 0.3 is 0 Å². The second-order valence-electron chi connectivity index (χ2n) is 4.50. The Bertz CT molecular complexity index is 422. The monoisotopic (exact) mass is 216 g/mol. The molecule has 1 fully saturated rings. The fourth-order valence-electron chi connectivity index (χ4n) is 2.54. The molecule has 3 heteroatoms. The summed E-state index contributed by atoms with van der Waals surface area (Å²) in [5, 5.41) is 3.34. The van der Waals surface area contributed by atoms with E-state index in [1.54, 1.807) is 0 Å². The summed E-state index contributed by atoms with van der Waals surface area (Å²) in [5.74, 6) is 0.312. The van der Waals surface area contributed by atoms with Crippen LogP contribution in [0.5, 0.6) is 0 Å². The van der Waals surface area contributed by atoms with Crippen molar-refractivity contribution in [3.05, 3.63) is 29.3 Å². The maximum atomic E-state index is 11.7. The smallest absolute Gasteiger partial charge is 0.163 e. The first-order chi connectivity index (χ1) is 7.84. The van der Waals surface area contributed by atoms with Crippen molar-refractivity contribution >= 4 is 11.5 Å². The summed E-state index contributed by atoms with van der Waals surface area (Å²) >= 11 is 0. The van der Waals surface area contributed by atoms with Gasteiger partial charge in [-0.2, -0.15) is 0 Å². The number of hydrogen-bond acceptors (Lipinski definition) is 3. The average molecular weight is 216 g/mol. The molecule has 3 nitrogen and oxygen atoms in total. The van der Waals surface area contributed by atoms with E-state index in [4.69, 9.17) is 0 Å². The van der Waals surface area contributed by atoms with Crippen LogP contribution in [0.4, 0.5) is 5.69 Å². The zero-order valence-corrected chi connectivity index (χ0v) is 9.33. The molecule has 1 aromatic carbocycles. The first kappa shape index (κ1) is 9.85. The van der Waals surface area contributed by atoms with Crippen LogP contribution >= 0.6 is 0 Å². The number of Topliss-reactive ketones (excluding diaryl/α,β-unsaturated/α-hetero) is 1. The minimum atomic E-state index is 0.312. The van der Waals surface area contributed by atoms with Crippen molar-refractivity contribution in [2.75, 3.05) is 31.1 Å². The molecule has 1 heterocycles. The van der Waals surface area contributed by atoms with Gasteiger partial charge in [-0.1, -0.05) is 6.07 Å². The predicted molar refractivity (Wildman–Crippen MR) is 64.2 cm³/mol. The van der Waals surface area contributed by atoms with Gasteiger partial charge in [0, 0.05) is 43.9 Å². The van der Waals surface area contributed by atoms with Gasteiger partial charge in [0.15, 0.2) is 5.78 Å². The average Bonchev–Trinajstić information content (AvgIpc) is 2.72. The van der Waals surface area contributed by atoms with Gasteiger partial charge in [-0.15, -0.1) is 0 Å². The Kier molecular flexibility index (Phi) is 2.40. The number of fused-ring (bicyclic) bond motifs is 1. The molecule has 0 atom stereocenters. The summed E-state index contributed by atoms with van der Waals surface area (Å²) in [6, 6.07) is 6.36. The number of benzene rings is 1. The number of carbonyl (C=O) groups is 1. The third kappa shape index (κ3) is 1.61. The summed E-state index contributed by atoms with van der Waals surface area (Å²) in [4.78, 5) is 14.0. The Labute approximate surface area is 95.4 Å². The highest BCUT2D eigenvalue weighted by molar-refractivity contribution is 6.01. The van der Waals surface area contributed by atoms with E-state index in [0.717, 1.165) is 38.2 Å². The zero-order valence-electron chi connectivity index (χ0n) is 9.33. The van der Waals surface area contributed by atoms with Crippen LogP contribution < -0.4 is 10.2 Å². The Morgan fingerprint density at radius 1 is 1.12 bits per heavy atom. The highest BCUT2D eigenvalue weighted by Crippen LogP contribution is 2.26. The number of nitrogens with zero attached hydrogens (tertiary/aromatic N) is 1. The van der Waals surface area contributed by atoms with Gasteiger partial charge in [-0.05, 0) is 24.1 Å². The molecular formula is C13H16N2O. The number of nitrogens with one attached hydrogen (secondary N) is 1. The Morgan fingerprint density at radius 3 is 2.75 bits per heavy atom. The molecule has 0 bridgehead atoms. The van der Waals surface area contributed by atoms with Gasteiger partial charge < -0.3 is 10.2 Å². The lowest BCUT2D eigenvalue weighted by Gasteiger charge is -2.29. The van der Waals surface area contributed by atoms with Crippen molar-refractivity contribution in [3.8, 4) is 0 Å². The van der Waals surface area contributed by atoms with Crippen LogP contribution in [0.25, 0.3) is 0 Å². The highest BCUT2D eigenvalue weighted by atomic mass is 16.1. The predicted octanol–water partition coefficient (Wildman–Crippen LogP) is 1.23. The standard InChI is InChI=1S/C13H16N2O/c16-13-4-2-10-1-3-11(9-12(10)13)15-7-5-14-6-8-15/h1,3,9,14H,2,4-8H2. The minimum Gasteiger partial charge on any atom is -0.369 e. The molecule has 0 radical (unpaired) electrons. The van der Waals surface area contributed by atoms with Crippen LogP contribution in [0.2, 0.25) is 0 Å². The molecular weight excluding hydrogens is 200 g/mol. The largest absolute Gasteiger partial charge is 0.369 e. The van der Waals surface area contributed by atoms with Gasteiger partial charge in [0.2, 0.25) is 0 Å². The number of ketones is 1. The number of anilines is 1. The lowest BCUT2D eigenvalue weighted by Crippen LogP contribution is -2.43.